The van der Waals surface area contributed by atoms with Crippen molar-refractivity contribution in [3.8, 4) is 0 Å². The van der Waals surface area contributed by atoms with Gasteiger partial charge in [-0.2, -0.15) is 5.10 Å². The maximum Gasteiger partial charge on any atom is 0.191 e. The highest BCUT2D eigenvalue weighted by Gasteiger charge is 1.99. The summed E-state index contributed by atoms with van der Waals surface area (Å²) >= 11 is 5.21. The van der Waals surface area contributed by atoms with Gasteiger partial charge in [-0.3, -0.25) is 5.43 Å². The van der Waals surface area contributed by atoms with Crippen LogP contribution in [-0.4, -0.2) is 10.8 Å². The number of nitrogen functional groups attached to an aromatic ring is 1. The zero-order valence-electron chi connectivity index (χ0n) is 12.1. The summed E-state index contributed by atoms with van der Waals surface area (Å²) < 4.78 is 0. The predicted octanol–water partition coefficient (Wildman–Crippen LogP) is 3.29. The minimum Gasteiger partial charge on any atom is -0.399 e. The third-order valence-electron chi connectivity index (χ3n) is 2.94. The smallest absolute Gasteiger partial charge is 0.191 e. The van der Waals surface area contributed by atoms with Gasteiger partial charge in [-0.1, -0.05) is 29.8 Å². The van der Waals surface area contributed by atoms with Gasteiger partial charge in [0.25, 0.3) is 0 Å². The molecule has 0 atom stereocenters. The second kappa shape index (κ2) is 6.85. The number of nitrogens with one attached hydrogen (secondary N) is 2. The maximum atomic E-state index is 5.75. The topological polar surface area (TPSA) is 62.4 Å². The molecule has 0 heterocycles. The van der Waals surface area contributed by atoms with Gasteiger partial charge < -0.3 is 11.1 Å². The van der Waals surface area contributed by atoms with E-state index in [1.165, 1.54) is 5.56 Å². The summed E-state index contributed by atoms with van der Waals surface area (Å²) in [6, 6.07) is 15.5. The van der Waals surface area contributed by atoms with Gasteiger partial charge in [0.05, 0.1) is 5.71 Å². The van der Waals surface area contributed by atoms with Crippen LogP contribution in [0.3, 0.4) is 0 Å². The summed E-state index contributed by atoms with van der Waals surface area (Å²) in [4.78, 5) is 0. The van der Waals surface area contributed by atoms with E-state index in [-0.39, 0.29) is 0 Å². The van der Waals surface area contributed by atoms with E-state index in [2.05, 4.69) is 15.8 Å². The Kier molecular flexibility index (Phi) is 4.90. The summed E-state index contributed by atoms with van der Waals surface area (Å²) in [5.41, 5.74) is 13.2. The van der Waals surface area contributed by atoms with Gasteiger partial charge in [-0.15, -0.1) is 0 Å². The lowest BCUT2D eigenvalue weighted by molar-refractivity contribution is 1.04. The number of hydrogen-bond acceptors (Lipinski definition) is 3. The average molecular weight is 298 g/mol. The van der Waals surface area contributed by atoms with E-state index in [1.807, 2.05) is 62.4 Å². The zero-order valence-corrected chi connectivity index (χ0v) is 12.9. The van der Waals surface area contributed by atoms with Crippen molar-refractivity contribution in [2.45, 2.75) is 13.8 Å². The first-order chi connectivity index (χ1) is 10.0. The Morgan fingerprint density at radius 2 is 1.86 bits per heavy atom. The van der Waals surface area contributed by atoms with Gasteiger partial charge in [0, 0.05) is 11.4 Å². The average Bonchev–Trinajstić information content (AvgIpc) is 2.47. The number of aryl methyl sites for hydroxylation is 1. The molecular weight excluding hydrogens is 280 g/mol. The molecule has 0 saturated heterocycles. The van der Waals surface area contributed by atoms with Crippen molar-refractivity contribution in [2.75, 3.05) is 11.1 Å². The van der Waals surface area contributed by atoms with E-state index in [0.717, 1.165) is 17.0 Å². The van der Waals surface area contributed by atoms with E-state index in [1.54, 1.807) is 0 Å². The van der Waals surface area contributed by atoms with Crippen molar-refractivity contribution in [2.24, 2.45) is 5.10 Å². The molecule has 108 valence electrons. The number of hydrogen-bond donors (Lipinski definition) is 3. The highest BCUT2D eigenvalue weighted by Crippen LogP contribution is 2.09. The molecule has 0 fully saturated rings. The molecule has 4 nitrogen and oxygen atoms in total. The number of rotatable bonds is 3. The van der Waals surface area contributed by atoms with Crippen LogP contribution in [0, 0.1) is 6.92 Å². The molecule has 0 spiro atoms. The number of nitrogens with two attached hydrogens (primary N) is 1. The van der Waals surface area contributed by atoms with Gasteiger partial charge in [0.2, 0.25) is 0 Å². The first-order valence-corrected chi connectivity index (χ1v) is 6.99. The van der Waals surface area contributed by atoms with Crippen LogP contribution in [0.2, 0.25) is 0 Å². The molecule has 0 amide bonds. The fraction of sp³-hybridized carbons (Fsp3) is 0.125. The predicted molar refractivity (Wildman–Crippen MR) is 93.6 cm³/mol. The largest absolute Gasteiger partial charge is 0.399 e. The molecule has 2 aromatic rings. The van der Waals surface area contributed by atoms with Gasteiger partial charge in [-0.05, 0) is 55.9 Å². The van der Waals surface area contributed by atoms with Crippen molar-refractivity contribution in [3.05, 3.63) is 59.7 Å². The van der Waals surface area contributed by atoms with Crippen molar-refractivity contribution in [1.29, 1.82) is 0 Å². The Hall–Kier alpha value is -2.40. The summed E-state index contributed by atoms with van der Waals surface area (Å²) in [6.45, 7) is 3.94. The monoisotopic (exact) mass is 298 g/mol. The van der Waals surface area contributed by atoms with Crippen LogP contribution in [0.4, 0.5) is 11.4 Å². The van der Waals surface area contributed by atoms with Crippen LogP contribution < -0.4 is 16.5 Å². The summed E-state index contributed by atoms with van der Waals surface area (Å²) in [5.74, 6) is 0. The molecule has 2 aromatic carbocycles. The van der Waals surface area contributed by atoms with E-state index in [0.29, 0.717) is 10.8 Å². The summed E-state index contributed by atoms with van der Waals surface area (Å²) in [6.07, 6.45) is 0. The van der Waals surface area contributed by atoms with Crippen molar-refractivity contribution >= 4 is 34.4 Å². The van der Waals surface area contributed by atoms with Gasteiger partial charge in [-0.25, -0.2) is 0 Å². The molecule has 0 radical (unpaired) electrons. The Morgan fingerprint density at radius 1 is 1.14 bits per heavy atom. The van der Waals surface area contributed by atoms with Crippen LogP contribution in [-0.2, 0) is 0 Å². The number of anilines is 2. The quantitative estimate of drug-likeness (QED) is 0.352. The highest BCUT2D eigenvalue weighted by atomic mass is 32.1. The lowest BCUT2D eigenvalue weighted by Crippen LogP contribution is -2.24. The standard InChI is InChI=1S/C16H18N4S/c1-11-6-8-15(9-7-11)18-16(21)20-19-12(2)13-4-3-5-14(17)10-13/h3-10H,17H2,1-2H3,(H2,18,20,21). The highest BCUT2D eigenvalue weighted by molar-refractivity contribution is 7.80. The fourth-order valence-electron chi connectivity index (χ4n) is 1.76. The van der Waals surface area contributed by atoms with Crippen molar-refractivity contribution < 1.29 is 0 Å². The molecule has 21 heavy (non-hydrogen) atoms. The lowest BCUT2D eigenvalue weighted by atomic mass is 10.1. The summed E-state index contributed by atoms with van der Waals surface area (Å²) in [5, 5.41) is 7.78. The molecule has 4 N–H and O–H groups in total. The third-order valence-corrected chi connectivity index (χ3v) is 3.13. The number of benzene rings is 2. The van der Waals surface area contributed by atoms with Crippen molar-refractivity contribution in [1.82, 2.24) is 5.43 Å². The second-order valence-electron chi connectivity index (χ2n) is 4.75. The molecule has 0 aromatic heterocycles. The van der Waals surface area contributed by atoms with Crippen LogP contribution >= 0.6 is 12.2 Å². The molecule has 0 aliphatic rings. The molecule has 0 bridgehead atoms. The van der Waals surface area contributed by atoms with Gasteiger partial charge in [0.15, 0.2) is 5.11 Å². The normalized spacial score (nSPS) is 11.0. The van der Waals surface area contributed by atoms with Crippen molar-refractivity contribution in [3.63, 3.8) is 0 Å². The van der Waals surface area contributed by atoms with E-state index in [9.17, 15) is 0 Å². The SMILES string of the molecule is CC(=NNC(=S)Nc1ccc(C)cc1)c1cccc(N)c1. The molecule has 5 heteroatoms. The molecular formula is C16H18N4S. The van der Waals surface area contributed by atoms with E-state index >= 15 is 0 Å². The van der Waals surface area contributed by atoms with E-state index < -0.39 is 0 Å². The molecule has 2 rings (SSSR count). The van der Waals surface area contributed by atoms with Crippen LogP contribution in [0.15, 0.2) is 53.6 Å². The van der Waals surface area contributed by atoms with Gasteiger partial charge in [0.1, 0.15) is 0 Å². The first-order valence-electron chi connectivity index (χ1n) is 6.58. The van der Waals surface area contributed by atoms with Crippen LogP contribution in [0.1, 0.15) is 18.1 Å². The van der Waals surface area contributed by atoms with Crippen LogP contribution in [0.25, 0.3) is 0 Å². The Labute approximate surface area is 130 Å². The zero-order chi connectivity index (χ0) is 15.2. The molecule has 0 saturated carbocycles. The minimum absolute atomic E-state index is 0.446. The lowest BCUT2D eigenvalue weighted by Gasteiger charge is -2.08. The number of thiocarbonyl (C=S) groups is 1. The number of hydrazone groups is 1. The fourth-order valence-corrected chi connectivity index (χ4v) is 1.92. The Balaban J connectivity index is 1.96. The third kappa shape index (κ3) is 4.57. The Morgan fingerprint density at radius 3 is 2.52 bits per heavy atom. The second-order valence-corrected chi connectivity index (χ2v) is 5.16. The van der Waals surface area contributed by atoms with Gasteiger partial charge >= 0.3 is 0 Å². The molecule has 0 unspecified atom stereocenters. The first kappa shape index (κ1) is 15.0. The molecule has 0 aliphatic carbocycles. The number of nitrogens with zero attached hydrogens (tertiary/aromatic N) is 1. The molecule has 0 aliphatic heterocycles. The maximum absolute atomic E-state index is 5.75. The minimum atomic E-state index is 0.446. The van der Waals surface area contributed by atoms with Crippen LogP contribution in [0.5, 0.6) is 0 Å². The summed E-state index contributed by atoms with van der Waals surface area (Å²) in [7, 11) is 0. The Bertz CT molecular complexity index is 662. The van der Waals surface area contributed by atoms with E-state index in [4.69, 9.17) is 18.0 Å².